The highest BCUT2D eigenvalue weighted by molar-refractivity contribution is 6.02. The minimum atomic E-state index is -0.217. The number of aromatic nitrogens is 3. The van der Waals surface area contributed by atoms with Gasteiger partial charge in [-0.05, 0) is 50.5 Å². The smallest absolute Gasteiger partial charge is 0.326 e. The van der Waals surface area contributed by atoms with Crippen molar-refractivity contribution in [2.45, 2.75) is 52.6 Å². The number of hydrogen-bond acceptors (Lipinski definition) is 4. The molecule has 3 aromatic rings. The summed E-state index contributed by atoms with van der Waals surface area (Å²) in [7, 11) is 1.61. The van der Waals surface area contributed by atoms with Crippen LogP contribution in [0.15, 0.2) is 42.5 Å². The van der Waals surface area contributed by atoms with E-state index in [-0.39, 0.29) is 6.03 Å². The van der Waals surface area contributed by atoms with E-state index < -0.39 is 0 Å². The van der Waals surface area contributed by atoms with Gasteiger partial charge >= 0.3 is 6.03 Å². The predicted octanol–water partition coefficient (Wildman–Crippen LogP) is 4.87. The average molecular weight is 420 g/mol. The Morgan fingerprint density at radius 1 is 1.13 bits per heavy atom. The lowest BCUT2D eigenvalue weighted by atomic mass is 10.1. The first-order valence-corrected chi connectivity index (χ1v) is 10.8. The zero-order chi connectivity index (χ0) is 21.8. The molecule has 2 heterocycles. The maximum atomic E-state index is 13.4. The molecular formula is C24H29N5O2. The van der Waals surface area contributed by atoms with Gasteiger partial charge in [-0.2, -0.15) is 0 Å². The number of anilines is 2. The van der Waals surface area contributed by atoms with E-state index in [9.17, 15) is 4.79 Å². The zero-order valence-electron chi connectivity index (χ0n) is 18.4. The Bertz CT molecular complexity index is 1080. The SMILES string of the molecule is COc1cccc(NC(=O)N(Cc2nnc3n2CCCCC3)c2ccc(C)cc2C)c1. The standard InChI is InChI=1S/C24H29N5O2/c1-17-11-12-21(18(2)14-17)29(24(30)25-19-8-7-9-20(15-19)31-3)16-23-27-26-22-10-5-4-6-13-28(22)23/h7-9,11-12,14-15H,4-6,10,13,16H2,1-3H3,(H,25,30). The number of methoxy groups -OCH3 is 1. The second-order valence-corrected chi connectivity index (χ2v) is 8.03. The average Bonchev–Trinajstić information content (AvgIpc) is 2.98. The number of nitrogens with zero attached hydrogens (tertiary/aromatic N) is 4. The van der Waals surface area contributed by atoms with Crippen molar-refractivity contribution in [1.82, 2.24) is 14.8 Å². The third-order valence-corrected chi connectivity index (χ3v) is 5.69. The fourth-order valence-corrected chi connectivity index (χ4v) is 4.07. The number of ether oxygens (including phenoxy) is 1. The van der Waals surface area contributed by atoms with E-state index in [0.29, 0.717) is 18.0 Å². The summed E-state index contributed by atoms with van der Waals surface area (Å²) in [6.45, 7) is 5.33. The van der Waals surface area contributed by atoms with Gasteiger partial charge in [-0.3, -0.25) is 4.90 Å². The Hall–Kier alpha value is -3.35. The van der Waals surface area contributed by atoms with E-state index in [1.807, 2.05) is 37.3 Å². The van der Waals surface area contributed by atoms with E-state index in [4.69, 9.17) is 4.74 Å². The van der Waals surface area contributed by atoms with Gasteiger partial charge in [0.15, 0.2) is 5.82 Å². The second kappa shape index (κ2) is 9.20. The van der Waals surface area contributed by atoms with Gasteiger partial charge in [0.25, 0.3) is 0 Å². The lowest BCUT2D eigenvalue weighted by molar-refractivity contribution is 0.256. The number of benzene rings is 2. The van der Waals surface area contributed by atoms with Gasteiger partial charge in [0.2, 0.25) is 0 Å². The van der Waals surface area contributed by atoms with E-state index in [1.165, 1.54) is 6.42 Å². The van der Waals surface area contributed by atoms with Crippen LogP contribution in [0.25, 0.3) is 0 Å². The maximum Gasteiger partial charge on any atom is 0.326 e. The van der Waals surface area contributed by atoms with Gasteiger partial charge in [0.05, 0.1) is 13.7 Å². The number of aryl methyl sites for hydroxylation is 3. The van der Waals surface area contributed by atoms with E-state index in [2.05, 4.69) is 33.1 Å². The highest BCUT2D eigenvalue weighted by Gasteiger charge is 2.23. The predicted molar refractivity (Wildman–Crippen MR) is 122 cm³/mol. The van der Waals surface area contributed by atoms with E-state index in [0.717, 1.165) is 54.3 Å². The Balaban J connectivity index is 1.66. The number of carbonyl (C=O) groups excluding carboxylic acids is 1. The Morgan fingerprint density at radius 3 is 2.81 bits per heavy atom. The molecular weight excluding hydrogens is 390 g/mol. The number of fused-ring (bicyclic) bond motifs is 1. The maximum absolute atomic E-state index is 13.4. The molecule has 0 atom stereocenters. The summed E-state index contributed by atoms with van der Waals surface area (Å²) in [5.41, 5.74) is 3.73. The summed E-state index contributed by atoms with van der Waals surface area (Å²) in [6.07, 6.45) is 4.37. The molecule has 0 unspecified atom stereocenters. The van der Waals surface area contributed by atoms with Gasteiger partial charge in [-0.25, -0.2) is 4.79 Å². The van der Waals surface area contributed by atoms with Crippen molar-refractivity contribution in [1.29, 1.82) is 0 Å². The van der Waals surface area contributed by atoms with Crippen LogP contribution in [-0.2, 0) is 19.5 Å². The molecule has 7 nitrogen and oxygen atoms in total. The van der Waals surface area contributed by atoms with Crippen LogP contribution in [0.2, 0.25) is 0 Å². The van der Waals surface area contributed by atoms with Crippen molar-refractivity contribution in [3.05, 3.63) is 65.2 Å². The van der Waals surface area contributed by atoms with Crippen LogP contribution in [0, 0.1) is 13.8 Å². The van der Waals surface area contributed by atoms with Crippen LogP contribution in [0.1, 0.15) is 42.0 Å². The van der Waals surface area contributed by atoms with Crippen molar-refractivity contribution in [2.75, 3.05) is 17.3 Å². The molecule has 1 aliphatic heterocycles. The molecule has 0 aliphatic carbocycles. The van der Waals surface area contributed by atoms with Gasteiger partial charge in [-0.15, -0.1) is 10.2 Å². The molecule has 1 aromatic heterocycles. The highest BCUT2D eigenvalue weighted by atomic mass is 16.5. The first-order valence-electron chi connectivity index (χ1n) is 10.8. The highest BCUT2D eigenvalue weighted by Crippen LogP contribution is 2.26. The quantitative estimate of drug-likeness (QED) is 0.640. The summed E-state index contributed by atoms with van der Waals surface area (Å²) >= 11 is 0. The van der Waals surface area contributed by atoms with E-state index in [1.54, 1.807) is 18.1 Å². The largest absolute Gasteiger partial charge is 0.497 e. The minimum absolute atomic E-state index is 0.217. The normalized spacial score (nSPS) is 13.3. The van der Waals surface area contributed by atoms with Crippen LogP contribution < -0.4 is 15.0 Å². The van der Waals surface area contributed by atoms with Crippen LogP contribution >= 0.6 is 0 Å². The third kappa shape index (κ3) is 4.71. The summed E-state index contributed by atoms with van der Waals surface area (Å²) in [5.74, 6) is 2.53. The van der Waals surface area contributed by atoms with Crippen molar-refractivity contribution in [3.63, 3.8) is 0 Å². The fraction of sp³-hybridized carbons (Fsp3) is 0.375. The first kappa shape index (κ1) is 20.9. The molecule has 0 spiro atoms. The Kier molecular flexibility index (Phi) is 6.21. The number of hydrogen-bond donors (Lipinski definition) is 1. The number of urea groups is 1. The molecule has 31 heavy (non-hydrogen) atoms. The van der Waals surface area contributed by atoms with Gasteiger partial charge in [0.1, 0.15) is 11.6 Å². The Labute approximate surface area is 183 Å². The van der Waals surface area contributed by atoms with E-state index >= 15 is 0 Å². The van der Waals surface area contributed by atoms with Crippen molar-refractivity contribution < 1.29 is 9.53 Å². The summed E-state index contributed by atoms with van der Waals surface area (Å²) in [5, 5.41) is 11.9. The van der Waals surface area contributed by atoms with Crippen LogP contribution in [0.4, 0.5) is 16.2 Å². The zero-order valence-corrected chi connectivity index (χ0v) is 18.4. The molecule has 1 N–H and O–H groups in total. The van der Waals surface area contributed by atoms with Gasteiger partial charge in [-0.1, -0.05) is 30.2 Å². The first-order chi connectivity index (χ1) is 15.0. The Morgan fingerprint density at radius 2 is 2.00 bits per heavy atom. The molecule has 0 fully saturated rings. The molecule has 7 heteroatoms. The fourth-order valence-electron chi connectivity index (χ4n) is 4.07. The molecule has 1 aliphatic rings. The molecule has 4 rings (SSSR count). The van der Waals surface area contributed by atoms with Crippen molar-refractivity contribution >= 4 is 17.4 Å². The molecule has 2 aromatic carbocycles. The monoisotopic (exact) mass is 419 g/mol. The van der Waals surface area contributed by atoms with Crippen molar-refractivity contribution in [3.8, 4) is 5.75 Å². The number of rotatable bonds is 5. The summed E-state index contributed by atoms with van der Waals surface area (Å²) in [6, 6.07) is 13.3. The molecule has 0 bridgehead atoms. The van der Waals surface area contributed by atoms with Gasteiger partial charge < -0.3 is 14.6 Å². The number of amides is 2. The second-order valence-electron chi connectivity index (χ2n) is 8.03. The molecule has 0 saturated carbocycles. The van der Waals surface area contributed by atoms with Crippen LogP contribution in [0.5, 0.6) is 5.75 Å². The lowest BCUT2D eigenvalue weighted by Crippen LogP contribution is -2.36. The topological polar surface area (TPSA) is 72.3 Å². The number of carbonyl (C=O) groups is 1. The van der Waals surface area contributed by atoms with Crippen molar-refractivity contribution in [2.24, 2.45) is 0 Å². The minimum Gasteiger partial charge on any atom is -0.497 e. The van der Waals surface area contributed by atoms with Crippen LogP contribution in [0.3, 0.4) is 0 Å². The summed E-state index contributed by atoms with van der Waals surface area (Å²) in [4.78, 5) is 15.2. The van der Waals surface area contributed by atoms with Gasteiger partial charge in [0, 0.05) is 30.4 Å². The molecule has 0 radical (unpaired) electrons. The molecule has 162 valence electrons. The molecule has 0 saturated heterocycles. The van der Waals surface area contributed by atoms with Crippen LogP contribution in [-0.4, -0.2) is 27.9 Å². The molecule has 2 amide bonds. The number of nitrogens with one attached hydrogen (secondary N) is 1. The summed E-state index contributed by atoms with van der Waals surface area (Å²) < 4.78 is 7.47. The third-order valence-electron chi connectivity index (χ3n) is 5.69. The lowest BCUT2D eigenvalue weighted by Gasteiger charge is -2.25.